The summed E-state index contributed by atoms with van der Waals surface area (Å²) in [6, 6.07) is 22.7. The maximum Gasteiger partial charge on any atom is 0.343 e. The molecular weight excluding hydrogens is 642 g/mol. The van der Waals surface area contributed by atoms with E-state index in [0.717, 1.165) is 52.8 Å². The highest BCUT2D eigenvalue weighted by atomic mass is 16.7. The van der Waals surface area contributed by atoms with E-state index in [2.05, 4.69) is 4.98 Å². The molecular formula is C39H41NO10. The lowest BCUT2D eigenvalue weighted by molar-refractivity contribution is -0.296. The van der Waals surface area contributed by atoms with Gasteiger partial charge in [0.15, 0.2) is 11.9 Å². The number of aliphatic hydroxyl groups excluding tert-OH is 3. The number of H-pyrrole nitrogens is 1. The lowest BCUT2D eigenvalue weighted by Gasteiger charge is -2.48. The number of carbonyl (C=O) groups is 1. The Bertz CT molecular complexity index is 2070. The largest absolute Gasteiger partial charge is 0.508 e. The summed E-state index contributed by atoms with van der Waals surface area (Å²) >= 11 is 0. The zero-order valence-electron chi connectivity index (χ0n) is 27.4. The van der Waals surface area contributed by atoms with Crippen molar-refractivity contribution in [1.82, 2.24) is 4.98 Å². The Morgan fingerprint density at radius 2 is 1.64 bits per heavy atom. The fourth-order valence-corrected chi connectivity index (χ4v) is 9.07. The number of ether oxygens (including phenoxy) is 3. The van der Waals surface area contributed by atoms with Crippen molar-refractivity contribution in [2.24, 2.45) is 5.92 Å². The van der Waals surface area contributed by atoms with Crippen molar-refractivity contribution in [3.63, 3.8) is 0 Å². The van der Waals surface area contributed by atoms with Crippen LogP contribution in [0.25, 0.3) is 32.4 Å². The molecule has 0 spiro atoms. The van der Waals surface area contributed by atoms with Crippen LogP contribution in [0, 0.1) is 5.92 Å². The van der Waals surface area contributed by atoms with E-state index in [4.69, 9.17) is 14.2 Å². The van der Waals surface area contributed by atoms with Gasteiger partial charge in [-0.1, -0.05) is 55.3 Å². The first-order valence-corrected chi connectivity index (χ1v) is 17.2. The molecule has 1 saturated carbocycles. The van der Waals surface area contributed by atoms with Crippen LogP contribution in [0.4, 0.5) is 0 Å². The predicted molar refractivity (Wildman–Crippen MR) is 183 cm³/mol. The second-order valence-electron chi connectivity index (χ2n) is 14.2. The van der Waals surface area contributed by atoms with Gasteiger partial charge in [0.2, 0.25) is 5.79 Å². The van der Waals surface area contributed by atoms with E-state index in [9.17, 15) is 35.4 Å². The smallest absolute Gasteiger partial charge is 0.343 e. The van der Waals surface area contributed by atoms with Crippen LogP contribution in [0.15, 0.2) is 72.8 Å². The first-order valence-electron chi connectivity index (χ1n) is 17.2. The number of fused-ring (bicyclic) bond motifs is 5. The van der Waals surface area contributed by atoms with Gasteiger partial charge in [-0.25, -0.2) is 4.79 Å². The molecule has 0 bridgehead atoms. The molecule has 5 aromatic rings. The number of rotatable bonds is 8. The van der Waals surface area contributed by atoms with E-state index in [1.54, 1.807) is 12.1 Å². The molecule has 2 saturated heterocycles. The number of esters is 1. The summed E-state index contributed by atoms with van der Waals surface area (Å²) in [5.41, 5.74) is -0.825. The third kappa shape index (κ3) is 4.95. The van der Waals surface area contributed by atoms with Gasteiger partial charge in [-0.3, -0.25) is 0 Å². The Hall–Kier alpha value is -4.07. The number of hydrogen-bond acceptors (Lipinski definition) is 10. The van der Waals surface area contributed by atoms with Crippen LogP contribution in [0.3, 0.4) is 0 Å². The van der Waals surface area contributed by atoms with Crippen molar-refractivity contribution < 1.29 is 49.6 Å². The summed E-state index contributed by atoms with van der Waals surface area (Å²) in [5.74, 6) is -3.75. The Labute approximate surface area is 287 Å². The molecule has 1 aliphatic carbocycles. The number of carbonyl (C=O) groups excluding carboxylic acids is 1. The minimum atomic E-state index is -2.53. The van der Waals surface area contributed by atoms with Gasteiger partial charge >= 0.3 is 5.97 Å². The zero-order chi connectivity index (χ0) is 34.8. The molecule has 3 fully saturated rings. The van der Waals surface area contributed by atoms with Crippen LogP contribution in [-0.2, 0) is 26.3 Å². The maximum atomic E-state index is 14.2. The fourth-order valence-electron chi connectivity index (χ4n) is 9.07. The first kappa shape index (κ1) is 33.1. The van der Waals surface area contributed by atoms with Gasteiger partial charge in [-0.05, 0) is 83.1 Å². The SMILES string of the molecule is O=C(Oc1c(CO)[nH]c2ccc3cc4ccccc4cc3c12)[C@@H]1O[C@@](O)(CO)[C@@]2(O)CC[C@@H]([C@H](CO)C3(c4ccc(O)cc4)CCCC3)O[C@@H]12. The van der Waals surface area contributed by atoms with Crippen molar-refractivity contribution in [2.75, 3.05) is 13.2 Å². The van der Waals surface area contributed by atoms with Gasteiger partial charge in [0.25, 0.3) is 0 Å². The number of aromatic hydroxyl groups is 1. The molecule has 262 valence electrons. The number of aromatic nitrogens is 1. The van der Waals surface area contributed by atoms with Gasteiger partial charge in [0.1, 0.15) is 24.1 Å². The summed E-state index contributed by atoms with van der Waals surface area (Å²) in [6.07, 6.45) is -0.246. The first-order chi connectivity index (χ1) is 24.1. The summed E-state index contributed by atoms with van der Waals surface area (Å²) in [4.78, 5) is 17.3. The lowest BCUT2D eigenvalue weighted by atomic mass is 9.65. The number of phenolic OH excluding ortho intramolecular Hbond substituents is 1. The summed E-state index contributed by atoms with van der Waals surface area (Å²) < 4.78 is 18.4. The molecule has 7 N–H and O–H groups in total. The molecule has 0 unspecified atom stereocenters. The van der Waals surface area contributed by atoms with E-state index >= 15 is 0 Å². The number of hydrogen-bond donors (Lipinski definition) is 7. The average molecular weight is 684 g/mol. The highest BCUT2D eigenvalue weighted by Gasteiger charge is 2.70. The number of benzene rings is 4. The topological polar surface area (TPSA) is 182 Å². The van der Waals surface area contributed by atoms with Gasteiger partial charge in [-0.15, -0.1) is 0 Å². The number of aromatic amines is 1. The van der Waals surface area contributed by atoms with Crippen LogP contribution in [0.2, 0.25) is 0 Å². The van der Waals surface area contributed by atoms with Crippen LogP contribution in [0.5, 0.6) is 11.5 Å². The molecule has 1 aromatic heterocycles. The van der Waals surface area contributed by atoms with E-state index in [1.807, 2.05) is 60.7 Å². The average Bonchev–Trinajstić information content (AvgIpc) is 3.82. The van der Waals surface area contributed by atoms with Crippen LogP contribution >= 0.6 is 0 Å². The van der Waals surface area contributed by atoms with Crippen LogP contribution < -0.4 is 4.74 Å². The minimum Gasteiger partial charge on any atom is -0.508 e. The molecule has 6 atom stereocenters. The maximum absolute atomic E-state index is 14.2. The second-order valence-corrected chi connectivity index (χ2v) is 14.2. The number of nitrogens with one attached hydrogen (secondary N) is 1. The highest BCUT2D eigenvalue weighted by molar-refractivity contribution is 6.14. The van der Waals surface area contributed by atoms with Crippen molar-refractivity contribution >= 4 is 38.4 Å². The highest BCUT2D eigenvalue weighted by Crippen LogP contribution is 2.54. The Kier molecular flexibility index (Phi) is 8.15. The molecule has 11 nitrogen and oxygen atoms in total. The molecule has 0 amide bonds. The minimum absolute atomic E-state index is 0.0813. The van der Waals surface area contributed by atoms with E-state index in [-0.39, 0.29) is 36.6 Å². The summed E-state index contributed by atoms with van der Waals surface area (Å²) in [5, 5.41) is 69.1. The van der Waals surface area contributed by atoms with Gasteiger partial charge in [-0.2, -0.15) is 0 Å². The van der Waals surface area contributed by atoms with Crippen molar-refractivity contribution in [1.29, 1.82) is 0 Å². The molecule has 0 radical (unpaired) electrons. The van der Waals surface area contributed by atoms with Crippen LogP contribution in [0.1, 0.15) is 49.8 Å². The molecule has 2 aliphatic heterocycles. The Balaban J connectivity index is 1.16. The van der Waals surface area contributed by atoms with Crippen molar-refractivity contribution in [3.8, 4) is 11.5 Å². The van der Waals surface area contributed by atoms with Gasteiger partial charge in [0, 0.05) is 17.9 Å². The predicted octanol–water partition coefficient (Wildman–Crippen LogP) is 4.06. The molecule has 3 aliphatic rings. The quantitative estimate of drug-likeness (QED) is 0.0931. The molecule has 3 heterocycles. The van der Waals surface area contributed by atoms with E-state index < -0.39 is 60.2 Å². The van der Waals surface area contributed by atoms with Crippen molar-refractivity contribution in [2.45, 2.75) is 80.2 Å². The van der Waals surface area contributed by atoms with Crippen LogP contribution in [-0.4, -0.2) is 84.5 Å². The van der Waals surface area contributed by atoms with Crippen molar-refractivity contribution in [3.05, 3.63) is 84.1 Å². The Morgan fingerprint density at radius 1 is 0.920 bits per heavy atom. The summed E-state index contributed by atoms with van der Waals surface area (Å²) in [6.45, 7) is -1.72. The van der Waals surface area contributed by atoms with E-state index in [1.165, 1.54) is 0 Å². The number of aliphatic hydroxyl groups is 5. The van der Waals surface area contributed by atoms with Gasteiger partial charge in [0.05, 0.1) is 29.3 Å². The molecule has 8 rings (SSSR count). The molecule has 11 heteroatoms. The van der Waals surface area contributed by atoms with E-state index in [0.29, 0.717) is 10.9 Å². The fraction of sp³-hybridized carbons (Fsp3) is 0.410. The normalized spacial score (nSPS) is 28.3. The monoisotopic (exact) mass is 683 g/mol. The molecule has 50 heavy (non-hydrogen) atoms. The zero-order valence-corrected chi connectivity index (χ0v) is 27.4. The Morgan fingerprint density at radius 3 is 2.32 bits per heavy atom. The summed E-state index contributed by atoms with van der Waals surface area (Å²) in [7, 11) is 0. The third-order valence-electron chi connectivity index (χ3n) is 11.6. The van der Waals surface area contributed by atoms with Gasteiger partial charge < -0.3 is 49.8 Å². The number of phenols is 1. The second kappa shape index (κ2) is 12.3. The third-order valence-corrected chi connectivity index (χ3v) is 11.6. The lowest BCUT2D eigenvalue weighted by Crippen LogP contribution is -2.63. The molecule has 4 aromatic carbocycles. The standard InChI is InChI=1S/C39H41NO10/c41-19-28(37(14-3-4-15-37)25-8-10-26(44)11-9-25)31-13-16-38(46)35(48-31)34(50-39(38,47)21-43)36(45)49-33-30(20-42)40-29-12-7-24-17-22-5-1-2-6-23(22)18-27(24)32(29)33/h1-2,5-12,17-18,28,31,34-35,40-44,46-47H,3-4,13-16,19-21H2/t28-,31-,34+,35-,38+,39-/m0/s1.